The number of amides is 1. The van der Waals surface area contributed by atoms with Gasteiger partial charge in [0.15, 0.2) is 0 Å². The highest BCUT2D eigenvalue weighted by atomic mass is 16.5. The number of carbonyl (C=O) groups excluding carboxylic acids is 1. The highest BCUT2D eigenvalue weighted by molar-refractivity contribution is 5.93. The number of hydrogen-bond donors (Lipinski definition) is 1. The van der Waals surface area contributed by atoms with E-state index >= 15 is 0 Å². The molecule has 0 saturated carbocycles. The van der Waals surface area contributed by atoms with Crippen LogP contribution in [0.5, 0.6) is 5.75 Å². The summed E-state index contributed by atoms with van der Waals surface area (Å²) in [5.41, 5.74) is 3.39. The van der Waals surface area contributed by atoms with Crippen LogP contribution in [0.3, 0.4) is 0 Å². The molecule has 1 heterocycles. The minimum absolute atomic E-state index is 0.211. The topological polar surface area (TPSA) is 76.5 Å². The van der Waals surface area contributed by atoms with E-state index in [1.807, 2.05) is 31.2 Å². The number of para-hydroxylation sites is 1. The van der Waals surface area contributed by atoms with Crippen LogP contribution in [0.25, 0.3) is 0 Å². The fraction of sp³-hybridized carbons (Fsp3) is 0.143. The van der Waals surface area contributed by atoms with Crippen LogP contribution in [0.2, 0.25) is 0 Å². The second kappa shape index (κ2) is 6.98. The van der Waals surface area contributed by atoms with Crippen molar-refractivity contribution in [3.8, 4) is 5.75 Å². The summed E-state index contributed by atoms with van der Waals surface area (Å²) in [5, 5.41) is 3.89. The first kappa shape index (κ1) is 13.7. The number of nitrogens with zero attached hydrogens (tertiary/aromatic N) is 3. The molecule has 2 aromatic rings. The normalized spacial score (nSPS) is 10.4. The minimum atomic E-state index is -0.414. The fourth-order valence-electron chi connectivity index (χ4n) is 1.51. The molecule has 102 valence electrons. The van der Waals surface area contributed by atoms with Crippen molar-refractivity contribution in [2.24, 2.45) is 5.10 Å². The van der Waals surface area contributed by atoms with Crippen molar-refractivity contribution in [1.29, 1.82) is 0 Å². The highest BCUT2D eigenvalue weighted by Crippen LogP contribution is 2.15. The van der Waals surface area contributed by atoms with Gasteiger partial charge in [0.2, 0.25) is 0 Å². The third-order valence-electron chi connectivity index (χ3n) is 2.38. The number of aromatic nitrogens is 2. The number of carbonyl (C=O) groups is 1. The lowest BCUT2D eigenvalue weighted by atomic mass is 10.2. The lowest BCUT2D eigenvalue weighted by Crippen LogP contribution is -2.19. The van der Waals surface area contributed by atoms with Crippen LogP contribution < -0.4 is 10.2 Å². The van der Waals surface area contributed by atoms with Gasteiger partial charge in [0.25, 0.3) is 5.91 Å². The van der Waals surface area contributed by atoms with E-state index in [2.05, 4.69) is 20.5 Å². The number of benzene rings is 1. The van der Waals surface area contributed by atoms with E-state index in [1.165, 1.54) is 24.8 Å². The molecule has 0 aliphatic heterocycles. The average Bonchev–Trinajstić information content (AvgIpc) is 2.50. The van der Waals surface area contributed by atoms with Crippen LogP contribution >= 0.6 is 0 Å². The van der Waals surface area contributed by atoms with Gasteiger partial charge in [0, 0.05) is 18.0 Å². The maximum absolute atomic E-state index is 11.7. The van der Waals surface area contributed by atoms with Gasteiger partial charge in [-0.05, 0) is 19.1 Å². The predicted octanol–water partition coefficient (Wildman–Crippen LogP) is 1.64. The molecule has 1 aromatic heterocycles. The molecule has 1 aromatic carbocycles. The van der Waals surface area contributed by atoms with Crippen LogP contribution in [0.15, 0.2) is 48.0 Å². The summed E-state index contributed by atoms with van der Waals surface area (Å²) < 4.78 is 5.45. The Kier molecular flexibility index (Phi) is 4.77. The number of hydrogen-bond acceptors (Lipinski definition) is 5. The molecular formula is C14H14N4O2. The number of nitrogens with one attached hydrogen (secondary N) is 1. The van der Waals surface area contributed by atoms with Crippen molar-refractivity contribution in [3.05, 3.63) is 54.1 Å². The Hall–Kier alpha value is -2.76. The molecule has 0 spiro atoms. The Morgan fingerprint density at radius 3 is 3.00 bits per heavy atom. The molecule has 0 saturated heterocycles. The summed E-state index contributed by atoms with van der Waals surface area (Å²) in [6.07, 6.45) is 5.85. The maximum atomic E-state index is 11.7. The van der Waals surface area contributed by atoms with Gasteiger partial charge in [-0.25, -0.2) is 10.4 Å². The Balaban J connectivity index is 2.02. The Morgan fingerprint density at radius 2 is 2.25 bits per heavy atom. The zero-order chi connectivity index (χ0) is 14.2. The molecule has 0 fully saturated rings. The molecule has 20 heavy (non-hydrogen) atoms. The zero-order valence-electron chi connectivity index (χ0n) is 11.0. The second-order valence-corrected chi connectivity index (χ2v) is 3.76. The average molecular weight is 270 g/mol. The summed E-state index contributed by atoms with van der Waals surface area (Å²) in [6, 6.07) is 7.44. The van der Waals surface area contributed by atoms with Crippen LogP contribution in [-0.2, 0) is 0 Å². The third kappa shape index (κ3) is 3.61. The summed E-state index contributed by atoms with van der Waals surface area (Å²) in [6.45, 7) is 2.47. The van der Waals surface area contributed by atoms with Gasteiger partial charge < -0.3 is 4.74 Å². The lowest BCUT2D eigenvalue weighted by molar-refractivity contribution is 0.0949. The van der Waals surface area contributed by atoms with Crippen molar-refractivity contribution in [2.45, 2.75) is 6.92 Å². The summed E-state index contributed by atoms with van der Waals surface area (Å²) >= 11 is 0. The molecule has 0 aliphatic carbocycles. The molecule has 6 heteroatoms. The minimum Gasteiger partial charge on any atom is -0.493 e. The Labute approximate surface area is 116 Å². The molecular weight excluding hydrogens is 256 g/mol. The van der Waals surface area contributed by atoms with E-state index in [1.54, 1.807) is 0 Å². The molecule has 0 unspecified atom stereocenters. The number of hydrazone groups is 1. The first-order valence-electron chi connectivity index (χ1n) is 6.12. The quantitative estimate of drug-likeness (QED) is 0.662. The van der Waals surface area contributed by atoms with Crippen molar-refractivity contribution < 1.29 is 9.53 Å². The van der Waals surface area contributed by atoms with E-state index in [9.17, 15) is 4.79 Å². The molecule has 1 amide bonds. The molecule has 0 radical (unpaired) electrons. The Bertz CT molecular complexity index is 599. The van der Waals surface area contributed by atoms with E-state index in [0.29, 0.717) is 12.4 Å². The monoisotopic (exact) mass is 270 g/mol. The zero-order valence-corrected chi connectivity index (χ0v) is 11.0. The standard InChI is InChI=1S/C14H14N4O2/c1-2-20-13-6-4-3-5-11(13)9-17-18-14(19)12-10-15-7-8-16-12/h3-10H,2H2,1H3,(H,18,19). The maximum Gasteiger partial charge on any atom is 0.291 e. The van der Waals surface area contributed by atoms with Crippen molar-refractivity contribution >= 4 is 12.1 Å². The lowest BCUT2D eigenvalue weighted by Gasteiger charge is -2.05. The predicted molar refractivity (Wildman–Crippen MR) is 74.7 cm³/mol. The summed E-state index contributed by atoms with van der Waals surface area (Å²) in [4.78, 5) is 19.4. The molecule has 0 aliphatic rings. The van der Waals surface area contributed by atoms with Gasteiger partial charge in [-0.1, -0.05) is 12.1 Å². The van der Waals surface area contributed by atoms with Crippen molar-refractivity contribution in [1.82, 2.24) is 15.4 Å². The number of ether oxygens (including phenoxy) is 1. The van der Waals surface area contributed by atoms with Crippen LogP contribution in [0.1, 0.15) is 23.0 Å². The van der Waals surface area contributed by atoms with Crippen LogP contribution in [0, 0.1) is 0 Å². The number of rotatable bonds is 5. The molecule has 0 bridgehead atoms. The summed E-state index contributed by atoms with van der Waals surface area (Å²) in [5.74, 6) is 0.302. The van der Waals surface area contributed by atoms with E-state index in [0.717, 1.165) is 5.56 Å². The third-order valence-corrected chi connectivity index (χ3v) is 2.38. The van der Waals surface area contributed by atoms with Gasteiger partial charge in [-0.15, -0.1) is 0 Å². The van der Waals surface area contributed by atoms with E-state index < -0.39 is 5.91 Å². The van der Waals surface area contributed by atoms with Gasteiger partial charge >= 0.3 is 0 Å². The van der Waals surface area contributed by atoms with Crippen LogP contribution in [0.4, 0.5) is 0 Å². The van der Waals surface area contributed by atoms with Gasteiger partial charge in [-0.2, -0.15) is 5.10 Å². The van der Waals surface area contributed by atoms with Gasteiger partial charge in [-0.3, -0.25) is 9.78 Å². The fourth-order valence-corrected chi connectivity index (χ4v) is 1.51. The van der Waals surface area contributed by atoms with E-state index in [-0.39, 0.29) is 5.69 Å². The van der Waals surface area contributed by atoms with Crippen molar-refractivity contribution in [2.75, 3.05) is 6.61 Å². The Morgan fingerprint density at radius 1 is 1.40 bits per heavy atom. The molecule has 1 N–H and O–H groups in total. The smallest absolute Gasteiger partial charge is 0.291 e. The van der Waals surface area contributed by atoms with Gasteiger partial charge in [0.05, 0.1) is 19.0 Å². The first-order valence-corrected chi connectivity index (χ1v) is 6.12. The second-order valence-electron chi connectivity index (χ2n) is 3.76. The molecule has 6 nitrogen and oxygen atoms in total. The molecule has 0 atom stereocenters. The highest BCUT2D eigenvalue weighted by Gasteiger charge is 2.05. The molecule has 2 rings (SSSR count). The van der Waals surface area contributed by atoms with E-state index in [4.69, 9.17) is 4.74 Å². The van der Waals surface area contributed by atoms with Crippen molar-refractivity contribution in [3.63, 3.8) is 0 Å². The summed E-state index contributed by atoms with van der Waals surface area (Å²) in [7, 11) is 0. The van der Waals surface area contributed by atoms with Gasteiger partial charge in [0.1, 0.15) is 11.4 Å². The SMILES string of the molecule is CCOc1ccccc1C=NNC(=O)c1cnccn1. The first-order chi connectivity index (χ1) is 9.81. The largest absolute Gasteiger partial charge is 0.493 e. The van der Waals surface area contributed by atoms with Crippen LogP contribution in [-0.4, -0.2) is 28.7 Å².